The maximum atomic E-state index is 11.6. The molecule has 0 saturated heterocycles. The number of carbonyl (C=O) groups excluding carboxylic acids is 1. The number of nitrogens with zero attached hydrogens (tertiary/aromatic N) is 1. The van der Waals surface area contributed by atoms with E-state index in [0.717, 1.165) is 30.5 Å². The van der Waals surface area contributed by atoms with Crippen molar-refractivity contribution in [2.75, 3.05) is 0 Å². The normalized spacial score (nSPS) is 16.9. The minimum atomic E-state index is -0.511. The van der Waals surface area contributed by atoms with Crippen molar-refractivity contribution in [1.29, 1.82) is 0 Å². The van der Waals surface area contributed by atoms with E-state index < -0.39 is 11.7 Å². The third kappa shape index (κ3) is 3.81. The van der Waals surface area contributed by atoms with E-state index in [0.29, 0.717) is 0 Å². The maximum absolute atomic E-state index is 11.6. The van der Waals surface area contributed by atoms with Gasteiger partial charge in [-0.15, -0.1) is 0 Å². The van der Waals surface area contributed by atoms with E-state index in [9.17, 15) is 4.79 Å². The molecule has 4 heteroatoms. The smallest absolute Gasteiger partial charge is 0.428 e. The van der Waals surface area contributed by atoms with Crippen LogP contribution in [0.4, 0.5) is 4.79 Å². The van der Waals surface area contributed by atoms with Gasteiger partial charge in [-0.2, -0.15) is 5.10 Å². The van der Waals surface area contributed by atoms with Gasteiger partial charge in [-0.1, -0.05) is 24.3 Å². The maximum Gasteiger partial charge on any atom is 0.428 e. The first kappa shape index (κ1) is 13.6. The molecule has 1 aromatic rings. The van der Waals surface area contributed by atoms with Crippen molar-refractivity contribution in [3.05, 3.63) is 35.4 Å². The summed E-state index contributed by atoms with van der Waals surface area (Å²) in [5, 5.41) is 4.20. The van der Waals surface area contributed by atoms with Crippen LogP contribution in [0.15, 0.2) is 29.4 Å². The zero-order valence-corrected chi connectivity index (χ0v) is 11.7. The Labute approximate surface area is 113 Å². The van der Waals surface area contributed by atoms with E-state index in [1.807, 2.05) is 39.0 Å². The molecule has 1 aliphatic rings. The third-order valence-corrected chi connectivity index (χ3v) is 2.87. The van der Waals surface area contributed by atoms with Crippen LogP contribution in [0.2, 0.25) is 0 Å². The van der Waals surface area contributed by atoms with Crippen molar-refractivity contribution < 1.29 is 9.53 Å². The molecule has 0 radical (unpaired) electrons. The third-order valence-electron chi connectivity index (χ3n) is 2.87. The molecule has 1 N–H and O–H groups in total. The number of amides is 1. The quantitative estimate of drug-likeness (QED) is 0.788. The summed E-state index contributed by atoms with van der Waals surface area (Å²) in [6, 6.07) is 8.18. The predicted molar refractivity (Wildman–Crippen MR) is 75.3 cm³/mol. The van der Waals surface area contributed by atoms with E-state index in [4.69, 9.17) is 4.74 Å². The summed E-state index contributed by atoms with van der Waals surface area (Å²) in [5.41, 5.74) is 5.31. The molecule has 0 spiro atoms. The first-order chi connectivity index (χ1) is 8.96. The van der Waals surface area contributed by atoms with Crippen LogP contribution < -0.4 is 5.43 Å². The number of ether oxygens (including phenoxy) is 1. The van der Waals surface area contributed by atoms with Gasteiger partial charge in [0.05, 0.1) is 5.71 Å². The molecule has 1 amide bonds. The summed E-state index contributed by atoms with van der Waals surface area (Å²) in [6.07, 6.45) is 2.50. The summed E-state index contributed by atoms with van der Waals surface area (Å²) in [6.45, 7) is 5.49. The largest absolute Gasteiger partial charge is 0.443 e. The second-order valence-corrected chi connectivity index (χ2v) is 5.68. The Morgan fingerprint density at radius 2 is 2.00 bits per heavy atom. The molecule has 0 heterocycles. The fourth-order valence-corrected chi connectivity index (χ4v) is 2.13. The highest BCUT2D eigenvalue weighted by Crippen LogP contribution is 2.21. The van der Waals surface area contributed by atoms with Crippen LogP contribution in [-0.4, -0.2) is 17.4 Å². The van der Waals surface area contributed by atoms with Gasteiger partial charge in [0, 0.05) is 5.56 Å². The van der Waals surface area contributed by atoms with Gasteiger partial charge in [0.2, 0.25) is 0 Å². The predicted octanol–water partition coefficient (Wildman–Crippen LogP) is 3.25. The standard InChI is InChI=1S/C15H20N2O2/c1-15(2,3)19-14(18)17-16-13-10-6-8-11-7-4-5-9-12(11)13/h4-5,7,9H,6,8,10H2,1-3H3,(H,17,18)/b16-13-. The lowest BCUT2D eigenvalue weighted by atomic mass is 9.90. The van der Waals surface area contributed by atoms with Gasteiger partial charge < -0.3 is 4.74 Å². The van der Waals surface area contributed by atoms with Gasteiger partial charge in [0.1, 0.15) is 5.60 Å². The first-order valence-corrected chi connectivity index (χ1v) is 6.59. The molecule has 0 bridgehead atoms. The number of nitrogens with one attached hydrogen (secondary N) is 1. The molecule has 102 valence electrons. The highest BCUT2D eigenvalue weighted by molar-refractivity contribution is 6.02. The summed E-state index contributed by atoms with van der Waals surface area (Å²) in [7, 11) is 0. The minimum absolute atomic E-state index is 0.505. The van der Waals surface area contributed by atoms with E-state index in [1.54, 1.807) is 0 Å². The second kappa shape index (κ2) is 5.43. The van der Waals surface area contributed by atoms with Gasteiger partial charge >= 0.3 is 6.09 Å². The zero-order valence-electron chi connectivity index (χ0n) is 11.7. The van der Waals surface area contributed by atoms with E-state index in [-0.39, 0.29) is 0 Å². The fourth-order valence-electron chi connectivity index (χ4n) is 2.13. The van der Waals surface area contributed by atoms with Crippen LogP contribution in [0.5, 0.6) is 0 Å². The SMILES string of the molecule is CC(C)(C)OC(=O)N/N=C1/CCCc2ccccc21. The van der Waals surface area contributed by atoms with Crippen LogP contribution in [0.3, 0.4) is 0 Å². The molecular weight excluding hydrogens is 240 g/mol. The molecule has 4 nitrogen and oxygen atoms in total. The molecule has 0 saturated carbocycles. The number of benzene rings is 1. The van der Waals surface area contributed by atoms with E-state index in [2.05, 4.69) is 16.6 Å². The van der Waals surface area contributed by atoms with Crippen LogP contribution >= 0.6 is 0 Å². The lowest BCUT2D eigenvalue weighted by Crippen LogP contribution is -2.30. The van der Waals surface area contributed by atoms with Gasteiger partial charge in [-0.25, -0.2) is 10.2 Å². The molecular formula is C15H20N2O2. The Hall–Kier alpha value is -1.84. The number of hydrogen-bond acceptors (Lipinski definition) is 3. The van der Waals surface area contributed by atoms with Crippen molar-refractivity contribution in [3.63, 3.8) is 0 Å². The summed E-state index contributed by atoms with van der Waals surface area (Å²) in [4.78, 5) is 11.6. The number of hydrazone groups is 1. The average Bonchev–Trinajstić information content (AvgIpc) is 2.34. The molecule has 1 aromatic carbocycles. The van der Waals surface area contributed by atoms with Gasteiger partial charge in [-0.05, 0) is 45.6 Å². The molecule has 0 unspecified atom stereocenters. The van der Waals surface area contributed by atoms with Crippen molar-refractivity contribution in [1.82, 2.24) is 5.43 Å². The van der Waals surface area contributed by atoms with Crippen molar-refractivity contribution in [2.24, 2.45) is 5.10 Å². The molecule has 0 fully saturated rings. The van der Waals surface area contributed by atoms with Crippen LogP contribution in [0, 0.1) is 0 Å². The number of aryl methyl sites for hydroxylation is 1. The Morgan fingerprint density at radius 1 is 1.26 bits per heavy atom. The Kier molecular flexibility index (Phi) is 3.88. The van der Waals surface area contributed by atoms with Crippen LogP contribution in [0.1, 0.15) is 44.7 Å². The van der Waals surface area contributed by atoms with Crippen molar-refractivity contribution >= 4 is 11.8 Å². The monoisotopic (exact) mass is 260 g/mol. The van der Waals surface area contributed by atoms with Crippen molar-refractivity contribution in [2.45, 2.75) is 45.6 Å². The fraction of sp³-hybridized carbons (Fsp3) is 0.467. The number of carbonyl (C=O) groups is 1. The highest BCUT2D eigenvalue weighted by atomic mass is 16.6. The van der Waals surface area contributed by atoms with E-state index >= 15 is 0 Å². The van der Waals surface area contributed by atoms with Crippen LogP contribution in [0.25, 0.3) is 0 Å². The summed E-state index contributed by atoms with van der Waals surface area (Å²) < 4.78 is 5.16. The molecule has 1 aliphatic carbocycles. The molecule has 19 heavy (non-hydrogen) atoms. The summed E-state index contributed by atoms with van der Waals surface area (Å²) in [5.74, 6) is 0. The number of hydrogen-bond donors (Lipinski definition) is 1. The Balaban J connectivity index is 2.07. The lowest BCUT2D eigenvalue weighted by Gasteiger charge is -2.20. The van der Waals surface area contributed by atoms with Gasteiger partial charge in [0.15, 0.2) is 0 Å². The highest BCUT2D eigenvalue weighted by Gasteiger charge is 2.17. The Bertz CT molecular complexity index is 501. The Morgan fingerprint density at radius 3 is 2.74 bits per heavy atom. The zero-order chi connectivity index (χ0) is 13.9. The van der Waals surface area contributed by atoms with Gasteiger partial charge in [0.25, 0.3) is 0 Å². The molecule has 0 aromatic heterocycles. The van der Waals surface area contributed by atoms with Crippen molar-refractivity contribution in [3.8, 4) is 0 Å². The van der Waals surface area contributed by atoms with Crippen LogP contribution in [-0.2, 0) is 11.2 Å². The number of fused-ring (bicyclic) bond motifs is 1. The second-order valence-electron chi connectivity index (χ2n) is 5.68. The summed E-state index contributed by atoms with van der Waals surface area (Å²) >= 11 is 0. The minimum Gasteiger partial charge on any atom is -0.443 e. The van der Waals surface area contributed by atoms with Gasteiger partial charge in [-0.3, -0.25) is 0 Å². The average molecular weight is 260 g/mol. The van der Waals surface area contributed by atoms with E-state index in [1.165, 1.54) is 5.56 Å². The molecule has 0 atom stereocenters. The number of rotatable bonds is 1. The molecule has 0 aliphatic heterocycles. The molecule has 2 rings (SSSR count). The first-order valence-electron chi connectivity index (χ1n) is 6.59. The lowest BCUT2D eigenvalue weighted by molar-refractivity contribution is 0.0529. The topological polar surface area (TPSA) is 50.7 Å².